The summed E-state index contributed by atoms with van der Waals surface area (Å²) >= 11 is 0. The Balaban J connectivity index is 3.04. The molecule has 108 valence electrons. The van der Waals surface area contributed by atoms with E-state index >= 15 is 0 Å². The summed E-state index contributed by atoms with van der Waals surface area (Å²) in [4.78, 5) is 4.48. The van der Waals surface area contributed by atoms with Crippen molar-refractivity contribution in [2.75, 3.05) is 27.2 Å². The van der Waals surface area contributed by atoms with Crippen LogP contribution in [-0.2, 0) is 0 Å². The Labute approximate surface area is 113 Å². The minimum atomic E-state index is -0.712. The van der Waals surface area contributed by atoms with Crippen molar-refractivity contribution in [1.82, 2.24) is 9.80 Å². The highest BCUT2D eigenvalue weighted by Crippen LogP contribution is 2.42. The maximum Gasteiger partial charge on any atom is 0.118 e. The molecule has 0 aliphatic carbocycles. The zero-order chi connectivity index (χ0) is 14.3. The molecule has 2 nitrogen and oxygen atoms in total. The number of rotatable bonds is 2. The van der Waals surface area contributed by atoms with Crippen LogP contribution in [0.1, 0.15) is 41.5 Å². The molecular weight excluding hydrogens is 227 g/mol. The molecule has 0 bridgehead atoms. The second-order valence-electron chi connectivity index (χ2n) is 8.08. The smallest absolute Gasteiger partial charge is 0.118 e. The molecule has 1 aliphatic heterocycles. The van der Waals surface area contributed by atoms with E-state index in [4.69, 9.17) is 0 Å². The summed E-state index contributed by atoms with van der Waals surface area (Å²) < 4.78 is 14.4. The standard InChI is InChI=1S/C15H31FN2/c1-14(2,3)13-11(9-17(7)8)12(16)10-18(13)15(4,5)6/h11-13H,9-10H2,1-8H3/t11?,12-,13-/m0/s1. The number of likely N-dealkylation sites (tertiary alicyclic amines) is 1. The van der Waals surface area contributed by atoms with Crippen molar-refractivity contribution in [2.24, 2.45) is 11.3 Å². The Morgan fingerprint density at radius 2 is 1.61 bits per heavy atom. The van der Waals surface area contributed by atoms with Gasteiger partial charge in [0, 0.05) is 30.6 Å². The third-order valence-corrected chi connectivity index (χ3v) is 3.90. The summed E-state index contributed by atoms with van der Waals surface area (Å²) in [5, 5.41) is 0. The molecule has 0 spiro atoms. The highest BCUT2D eigenvalue weighted by Gasteiger charge is 2.50. The summed E-state index contributed by atoms with van der Waals surface area (Å²) in [6, 6.07) is 0.301. The number of hydrogen-bond donors (Lipinski definition) is 0. The fourth-order valence-electron chi connectivity index (χ4n) is 3.30. The first-order chi connectivity index (χ1) is 7.94. The quantitative estimate of drug-likeness (QED) is 0.751. The van der Waals surface area contributed by atoms with E-state index in [-0.39, 0.29) is 16.9 Å². The van der Waals surface area contributed by atoms with Gasteiger partial charge >= 0.3 is 0 Å². The van der Waals surface area contributed by atoms with Gasteiger partial charge in [-0.05, 0) is 40.3 Å². The predicted octanol–water partition coefficient (Wildman–Crippen LogP) is 3.03. The van der Waals surface area contributed by atoms with Gasteiger partial charge in [-0.1, -0.05) is 20.8 Å². The van der Waals surface area contributed by atoms with Crippen LogP contribution in [0, 0.1) is 11.3 Å². The zero-order valence-corrected chi connectivity index (χ0v) is 13.4. The van der Waals surface area contributed by atoms with E-state index in [2.05, 4.69) is 51.3 Å². The monoisotopic (exact) mass is 258 g/mol. The molecule has 0 aromatic heterocycles. The molecule has 1 aliphatic rings. The molecule has 1 saturated heterocycles. The van der Waals surface area contributed by atoms with Crippen molar-refractivity contribution in [3.05, 3.63) is 0 Å². The van der Waals surface area contributed by atoms with E-state index in [9.17, 15) is 4.39 Å². The minimum absolute atomic E-state index is 0.0311. The zero-order valence-electron chi connectivity index (χ0n) is 13.4. The molecule has 3 heteroatoms. The Hall–Kier alpha value is -0.150. The molecule has 18 heavy (non-hydrogen) atoms. The van der Waals surface area contributed by atoms with Gasteiger partial charge in [-0.2, -0.15) is 0 Å². The second-order valence-corrected chi connectivity index (χ2v) is 8.08. The van der Waals surface area contributed by atoms with Crippen molar-refractivity contribution in [3.63, 3.8) is 0 Å². The van der Waals surface area contributed by atoms with Crippen molar-refractivity contribution in [1.29, 1.82) is 0 Å². The van der Waals surface area contributed by atoms with Crippen LogP contribution < -0.4 is 0 Å². The van der Waals surface area contributed by atoms with Crippen LogP contribution in [0.2, 0.25) is 0 Å². The van der Waals surface area contributed by atoms with Crippen LogP contribution in [-0.4, -0.2) is 54.7 Å². The molecule has 1 unspecified atom stereocenters. The Morgan fingerprint density at radius 3 is 1.94 bits per heavy atom. The summed E-state index contributed by atoms with van der Waals surface area (Å²) in [6.07, 6.45) is -0.712. The normalized spacial score (nSPS) is 31.3. The molecule has 1 heterocycles. The minimum Gasteiger partial charge on any atom is -0.309 e. The third-order valence-electron chi connectivity index (χ3n) is 3.90. The first kappa shape index (κ1) is 15.9. The van der Waals surface area contributed by atoms with Crippen LogP contribution in [0.4, 0.5) is 4.39 Å². The van der Waals surface area contributed by atoms with E-state index < -0.39 is 6.17 Å². The lowest BCUT2D eigenvalue weighted by Crippen LogP contribution is -2.52. The summed E-state index contributed by atoms with van der Waals surface area (Å²) in [7, 11) is 4.07. The third kappa shape index (κ3) is 3.45. The number of nitrogens with zero attached hydrogens (tertiary/aromatic N) is 2. The highest BCUT2D eigenvalue weighted by atomic mass is 19.1. The Kier molecular flexibility index (Phi) is 4.49. The van der Waals surface area contributed by atoms with Crippen LogP contribution >= 0.6 is 0 Å². The van der Waals surface area contributed by atoms with E-state index in [1.54, 1.807) is 0 Å². The molecule has 0 N–H and O–H groups in total. The number of alkyl halides is 1. The van der Waals surface area contributed by atoms with Crippen molar-refractivity contribution >= 4 is 0 Å². The first-order valence-electron chi connectivity index (χ1n) is 7.00. The van der Waals surface area contributed by atoms with Gasteiger partial charge < -0.3 is 4.90 Å². The van der Waals surface area contributed by atoms with E-state index in [0.29, 0.717) is 12.6 Å². The summed E-state index contributed by atoms with van der Waals surface area (Å²) in [6.45, 7) is 14.7. The van der Waals surface area contributed by atoms with Gasteiger partial charge in [0.25, 0.3) is 0 Å². The van der Waals surface area contributed by atoms with Crippen LogP contribution in [0.25, 0.3) is 0 Å². The maximum atomic E-state index is 14.4. The first-order valence-corrected chi connectivity index (χ1v) is 7.00. The number of halogens is 1. The molecule has 0 aromatic carbocycles. The number of hydrogen-bond acceptors (Lipinski definition) is 2. The van der Waals surface area contributed by atoms with Gasteiger partial charge in [0.2, 0.25) is 0 Å². The van der Waals surface area contributed by atoms with Gasteiger partial charge in [-0.3, -0.25) is 4.90 Å². The van der Waals surface area contributed by atoms with Crippen LogP contribution in [0.3, 0.4) is 0 Å². The van der Waals surface area contributed by atoms with Gasteiger partial charge in [0.05, 0.1) is 0 Å². The predicted molar refractivity (Wildman–Crippen MR) is 76.6 cm³/mol. The highest BCUT2D eigenvalue weighted by molar-refractivity contribution is 5.03. The molecule has 0 radical (unpaired) electrons. The molecule has 1 rings (SSSR count). The van der Waals surface area contributed by atoms with E-state index in [1.807, 2.05) is 14.1 Å². The van der Waals surface area contributed by atoms with Crippen LogP contribution in [0.15, 0.2) is 0 Å². The average molecular weight is 258 g/mol. The molecule has 0 aromatic rings. The largest absolute Gasteiger partial charge is 0.309 e. The average Bonchev–Trinajstić information content (AvgIpc) is 2.41. The van der Waals surface area contributed by atoms with E-state index in [1.165, 1.54) is 0 Å². The summed E-state index contributed by atoms with van der Waals surface area (Å²) in [5.74, 6) is 0.110. The van der Waals surface area contributed by atoms with Gasteiger partial charge in [0.15, 0.2) is 0 Å². The summed E-state index contributed by atoms with van der Waals surface area (Å²) in [5.41, 5.74) is 0.137. The van der Waals surface area contributed by atoms with Gasteiger partial charge in [-0.15, -0.1) is 0 Å². The lowest BCUT2D eigenvalue weighted by molar-refractivity contribution is 0.0338. The van der Waals surface area contributed by atoms with Crippen molar-refractivity contribution < 1.29 is 4.39 Å². The van der Waals surface area contributed by atoms with Crippen molar-refractivity contribution in [3.8, 4) is 0 Å². The molecule has 3 atom stereocenters. The fraction of sp³-hybridized carbons (Fsp3) is 1.00. The van der Waals surface area contributed by atoms with Gasteiger partial charge in [0.1, 0.15) is 6.17 Å². The lowest BCUT2D eigenvalue weighted by atomic mass is 9.78. The molecule has 0 saturated carbocycles. The lowest BCUT2D eigenvalue weighted by Gasteiger charge is -2.45. The van der Waals surface area contributed by atoms with Crippen LogP contribution in [0.5, 0.6) is 0 Å². The van der Waals surface area contributed by atoms with E-state index in [0.717, 1.165) is 6.54 Å². The molecular formula is C15H31FN2. The van der Waals surface area contributed by atoms with Crippen molar-refractivity contribution in [2.45, 2.75) is 59.3 Å². The second kappa shape index (κ2) is 5.09. The van der Waals surface area contributed by atoms with Gasteiger partial charge in [-0.25, -0.2) is 4.39 Å². The Bertz CT molecular complexity index is 275. The fourth-order valence-corrected chi connectivity index (χ4v) is 3.30. The Morgan fingerprint density at radius 1 is 1.11 bits per heavy atom. The molecule has 0 amide bonds. The maximum absolute atomic E-state index is 14.4. The molecule has 1 fully saturated rings. The SMILES string of the molecule is CN(C)CC1[C@@H](C(C)(C)C)N(C(C)(C)C)C[C@@H]1F. The topological polar surface area (TPSA) is 6.48 Å².